The van der Waals surface area contributed by atoms with Gasteiger partial charge in [-0.2, -0.15) is 10.1 Å². The molecule has 1 aliphatic rings. The minimum atomic E-state index is -0.314. The maximum Gasteiger partial charge on any atom is 0.315 e. The summed E-state index contributed by atoms with van der Waals surface area (Å²) in [5, 5.41) is 14.0. The largest absolute Gasteiger partial charge is 0.337 e. The number of rotatable bonds is 6. The number of hydrogen-bond acceptors (Lipinski definition) is 5. The summed E-state index contributed by atoms with van der Waals surface area (Å²) in [6.07, 6.45) is 5.85. The van der Waals surface area contributed by atoms with E-state index in [2.05, 4.69) is 25.9 Å². The maximum atomic E-state index is 12.3. The van der Waals surface area contributed by atoms with E-state index in [-0.39, 0.29) is 24.0 Å². The Bertz CT molecular complexity index is 703. The van der Waals surface area contributed by atoms with E-state index in [1.54, 1.807) is 10.9 Å². The fourth-order valence-corrected chi connectivity index (χ4v) is 2.52. The summed E-state index contributed by atoms with van der Waals surface area (Å²) in [5.74, 6) is 1.78. The Morgan fingerprint density at radius 2 is 2.08 bits per heavy atom. The lowest BCUT2D eigenvalue weighted by Crippen LogP contribution is -2.40. The van der Waals surface area contributed by atoms with Crippen LogP contribution in [0.2, 0.25) is 0 Å². The third kappa shape index (κ3) is 3.74. The summed E-state index contributed by atoms with van der Waals surface area (Å²) in [5.41, 5.74) is 0.947. The average molecular weight is 332 g/mol. The number of carbonyl (C=O) groups excluding carboxylic acids is 1. The zero-order valence-electron chi connectivity index (χ0n) is 14.5. The van der Waals surface area contributed by atoms with Crippen molar-refractivity contribution in [1.82, 2.24) is 30.6 Å². The van der Waals surface area contributed by atoms with Gasteiger partial charge in [-0.05, 0) is 25.7 Å². The van der Waals surface area contributed by atoms with Crippen LogP contribution in [0.4, 0.5) is 4.79 Å². The smallest absolute Gasteiger partial charge is 0.315 e. The van der Waals surface area contributed by atoms with Crippen molar-refractivity contribution in [2.24, 2.45) is 13.0 Å². The van der Waals surface area contributed by atoms with E-state index in [0.29, 0.717) is 11.8 Å². The van der Waals surface area contributed by atoms with E-state index in [0.717, 1.165) is 24.2 Å². The zero-order chi connectivity index (χ0) is 17.3. The summed E-state index contributed by atoms with van der Waals surface area (Å²) >= 11 is 0. The highest BCUT2D eigenvalue weighted by Gasteiger charge is 2.31. The Morgan fingerprint density at radius 1 is 1.33 bits per heavy atom. The molecule has 0 aliphatic heterocycles. The molecule has 24 heavy (non-hydrogen) atoms. The Balaban J connectivity index is 1.62. The van der Waals surface area contributed by atoms with Crippen LogP contribution in [0.1, 0.15) is 68.9 Å². The van der Waals surface area contributed by atoms with E-state index in [1.807, 2.05) is 34.0 Å². The van der Waals surface area contributed by atoms with E-state index in [4.69, 9.17) is 4.52 Å². The van der Waals surface area contributed by atoms with Gasteiger partial charge in [0, 0.05) is 24.7 Å². The average Bonchev–Trinajstić information content (AvgIpc) is 3.09. The number of aryl methyl sites for hydroxylation is 1. The van der Waals surface area contributed by atoms with Gasteiger partial charge in [-0.25, -0.2) is 4.79 Å². The van der Waals surface area contributed by atoms with Crippen molar-refractivity contribution in [3.63, 3.8) is 0 Å². The second-order valence-electron chi connectivity index (χ2n) is 6.77. The molecule has 2 heterocycles. The summed E-state index contributed by atoms with van der Waals surface area (Å²) < 4.78 is 7.07. The molecule has 1 aliphatic carbocycles. The first-order valence-electron chi connectivity index (χ1n) is 8.33. The van der Waals surface area contributed by atoms with Crippen LogP contribution in [-0.2, 0) is 7.05 Å². The maximum absolute atomic E-state index is 12.3. The highest BCUT2D eigenvalue weighted by Crippen LogP contribution is 2.38. The molecule has 0 spiro atoms. The molecule has 0 saturated heterocycles. The van der Waals surface area contributed by atoms with Crippen molar-refractivity contribution in [2.75, 3.05) is 0 Å². The first kappa shape index (κ1) is 16.5. The third-order valence-corrected chi connectivity index (χ3v) is 4.19. The molecule has 0 bridgehead atoms. The first-order valence-corrected chi connectivity index (χ1v) is 8.33. The van der Waals surface area contributed by atoms with Crippen molar-refractivity contribution in [3.8, 4) is 0 Å². The number of nitrogens with one attached hydrogen (secondary N) is 2. The minimum Gasteiger partial charge on any atom is -0.337 e. The van der Waals surface area contributed by atoms with E-state index in [1.165, 1.54) is 0 Å². The lowest BCUT2D eigenvalue weighted by molar-refractivity contribution is 0.222. The summed E-state index contributed by atoms with van der Waals surface area (Å²) in [4.78, 5) is 16.8. The van der Waals surface area contributed by atoms with E-state index >= 15 is 0 Å². The molecule has 0 radical (unpaired) electrons. The van der Waals surface area contributed by atoms with Gasteiger partial charge in [-0.1, -0.05) is 19.0 Å². The van der Waals surface area contributed by atoms with Crippen LogP contribution in [0.3, 0.4) is 0 Å². The van der Waals surface area contributed by atoms with Crippen LogP contribution >= 0.6 is 0 Å². The van der Waals surface area contributed by atoms with Crippen LogP contribution in [0, 0.1) is 5.92 Å². The normalized spacial score (nSPS) is 16.9. The molecule has 2 atom stereocenters. The molecule has 2 aromatic rings. The predicted octanol–water partition coefficient (Wildman–Crippen LogP) is 2.44. The lowest BCUT2D eigenvalue weighted by Gasteiger charge is -2.20. The SMILES string of the molecule is CC(C)[C@@H](NC(=O)N[C@H](C)c1cnn(C)c1)c1nc(C2CC2)no1. The van der Waals surface area contributed by atoms with Gasteiger partial charge in [0.2, 0.25) is 5.89 Å². The monoisotopic (exact) mass is 332 g/mol. The molecule has 0 aromatic carbocycles. The molecule has 1 saturated carbocycles. The number of nitrogens with zero attached hydrogens (tertiary/aromatic N) is 4. The van der Waals surface area contributed by atoms with Crippen LogP contribution in [0.25, 0.3) is 0 Å². The number of urea groups is 1. The van der Waals surface area contributed by atoms with Crippen molar-refractivity contribution in [2.45, 2.75) is 51.6 Å². The molecule has 2 N–H and O–H groups in total. The van der Waals surface area contributed by atoms with Crippen molar-refractivity contribution in [3.05, 3.63) is 29.7 Å². The molecule has 3 rings (SSSR count). The van der Waals surface area contributed by atoms with Gasteiger partial charge in [0.25, 0.3) is 0 Å². The topological polar surface area (TPSA) is 97.9 Å². The number of amides is 2. The summed E-state index contributed by atoms with van der Waals surface area (Å²) in [6.45, 7) is 5.94. The molecule has 2 aromatic heterocycles. The second-order valence-corrected chi connectivity index (χ2v) is 6.77. The van der Waals surface area contributed by atoms with Crippen LogP contribution in [0.15, 0.2) is 16.9 Å². The summed E-state index contributed by atoms with van der Waals surface area (Å²) in [7, 11) is 1.85. The molecule has 8 heteroatoms. The molecule has 8 nitrogen and oxygen atoms in total. The quantitative estimate of drug-likeness (QED) is 0.846. The Kier molecular flexibility index (Phi) is 4.55. The Labute approximate surface area is 141 Å². The van der Waals surface area contributed by atoms with Gasteiger partial charge in [0.1, 0.15) is 6.04 Å². The van der Waals surface area contributed by atoms with Crippen LogP contribution < -0.4 is 10.6 Å². The fraction of sp³-hybridized carbons (Fsp3) is 0.625. The highest BCUT2D eigenvalue weighted by atomic mass is 16.5. The van der Waals surface area contributed by atoms with Gasteiger partial charge in [-0.15, -0.1) is 0 Å². The molecular formula is C16H24N6O2. The minimum absolute atomic E-state index is 0.136. The van der Waals surface area contributed by atoms with E-state index < -0.39 is 0 Å². The summed E-state index contributed by atoms with van der Waals surface area (Å²) in [6, 6.07) is -0.724. The first-order chi connectivity index (χ1) is 11.4. The molecule has 1 fully saturated rings. The molecule has 2 amide bonds. The van der Waals surface area contributed by atoms with Gasteiger partial charge >= 0.3 is 6.03 Å². The standard InChI is InChI=1S/C16H24N6O2/c1-9(2)13(15-20-14(21-24-15)11-5-6-11)19-16(23)18-10(3)12-7-17-22(4)8-12/h7-11,13H,5-6H2,1-4H3,(H2,18,19,23)/t10-,13-/m1/s1. The Morgan fingerprint density at radius 3 is 2.67 bits per heavy atom. The van der Waals surface area contributed by atoms with Crippen molar-refractivity contribution < 1.29 is 9.32 Å². The molecule has 130 valence electrons. The molecule has 0 unspecified atom stereocenters. The fourth-order valence-electron chi connectivity index (χ4n) is 2.52. The van der Waals surface area contributed by atoms with Crippen molar-refractivity contribution >= 4 is 6.03 Å². The Hall–Kier alpha value is -2.38. The predicted molar refractivity (Wildman–Crippen MR) is 87.1 cm³/mol. The van der Waals surface area contributed by atoms with Crippen LogP contribution in [-0.4, -0.2) is 26.0 Å². The number of carbonyl (C=O) groups is 1. The van der Waals surface area contributed by atoms with E-state index in [9.17, 15) is 4.79 Å². The van der Waals surface area contributed by atoms with Gasteiger partial charge < -0.3 is 15.2 Å². The van der Waals surface area contributed by atoms with Gasteiger partial charge in [0.05, 0.1) is 12.2 Å². The van der Waals surface area contributed by atoms with Gasteiger partial charge in [-0.3, -0.25) is 4.68 Å². The van der Waals surface area contributed by atoms with Crippen molar-refractivity contribution in [1.29, 1.82) is 0 Å². The molecular weight excluding hydrogens is 308 g/mol. The van der Waals surface area contributed by atoms with Crippen LogP contribution in [0.5, 0.6) is 0 Å². The highest BCUT2D eigenvalue weighted by molar-refractivity contribution is 5.74. The second kappa shape index (κ2) is 6.62. The number of aromatic nitrogens is 4. The lowest BCUT2D eigenvalue weighted by atomic mass is 10.0. The third-order valence-electron chi connectivity index (χ3n) is 4.19. The van der Waals surface area contributed by atoms with Gasteiger partial charge in [0.15, 0.2) is 5.82 Å². The zero-order valence-corrected chi connectivity index (χ0v) is 14.5. The number of hydrogen-bond donors (Lipinski definition) is 2.